The minimum absolute atomic E-state index is 0.632. The maximum atomic E-state index is 6.25. The van der Waals surface area contributed by atoms with Gasteiger partial charge in [0.2, 0.25) is 0 Å². The SMILES string of the molecule is Cc1nn(C)c(CN(C)CC2CCCN2)c1Cl. The van der Waals surface area contributed by atoms with E-state index < -0.39 is 0 Å². The number of nitrogens with zero attached hydrogens (tertiary/aromatic N) is 3. The van der Waals surface area contributed by atoms with Crippen LogP contribution in [0.2, 0.25) is 5.02 Å². The second-order valence-corrected chi connectivity index (χ2v) is 5.34. The number of rotatable bonds is 4. The summed E-state index contributed by atoms with van der Waals surface area (Å²) >= 11 is 6.25. The van der Waals surface area contributed by atoms with Gasteiger partial charge in [0.25, 0.3) is 0 Å². The fourth-order valence-corrected chi connectivity index (χ4v) is 2.68. The van der Waals surface area contributed by atoms with Crippen LogP contribution in [-0.2, 0) is 13.6 Å². The van der Waals surface area contributed by atoms with E-state index in [1.165, 1.54) is 12.8 Å². The van der Waals surface area contributed by atoms with Crippen molar-refractivity contribution >= 4 is 11.6 Å². The van der Waals surface area contributed by atoms with E-state index in [1.54, 1.807) is 0 Å². The van der Waals surface area contributed by atoms with E-state index >= 15 is 0 Å². The van der Waals surface area contributed by atoms with Crippen molar-refractivity contribution < 1.29 is 0 Å². The molecular formula is C12H21ClN4. The highest BCUT2D eigenvalue weighted by Gasteiger charge is 2.18. The molecule has 17 heavy (non-hydrogen) atoms. The van der Waals surface area contributed by atoms with Crippen molar-refractivity contribution in [3.63, 3.8) is 0 Å². The smallest absolute Gasteiger partial charge is 0.0860 e. The molecule has 1 N–H and O–H groups in total. The summed E-state index contributed by atoms with van der Waals surface area (Å²) in [5, 5.41) is 8.65. The highest BCUT2D eigenvalue weighted by molar-refractivity contribution is 6.31. The number of nitrogens with one attached hydrogen (secondary N) is 1. The molecule has 1 unspecified atom stereocenters. The summed E-state index contributed by atoms with van der Waals surface area (Å²) in [6, 6.07) is 0.632. The molecule has 1 aliphatic heterocycles. The zero-order valence-corrected chi connectivity index (χ0v) is 11.6. The van der Waals surface area contributed by atoms with Gasteiger partial charge in [-0.1, -0.05) is 11.6 Å². The fourth-order valence-electron chi connectivity index (χ4n) is 2.46. The van der Waals surface area contributed by atoms with Crippen LogP contribution >= 0.6 is 11.6 Å². The normalized spacial score (nSPS) is 20.4. The molecule has 2 rings (SSSR count). The van der Waals surface area contributed by atoms with Crippen molar-refractivity contribution in [3.8, 4) is 0 Å². The van der Waals surface area contributed by atoms with E-state index in [9.17, 15) is 0 Å². The number of aryl methyl sites for hydroxylation is 2. The molecule has 0 amide bonds. The van der Waals surface area contributed by atoms with Gasteiger partial charge in [-0.15, -0.1) is 0 Å². The van der Waals surface area contributed by atoms with Crippen molar-refractivity contribution in [1.29, 1.82) is 0 Å². The molecule has 0 radical (unpaired) electrons. The van der Waals surface area contributed by atoms with Gasteiger partial charge in [-0.2, -0.15) is 5.10 Å². The third kappa shape index (κ3) is 3.00. The lowest BCUT2D eigenvalue weighted by Gasteiger charge is -2.21. The first-order valence-electron chi connectivity index (χ1n) is 6.18. The molecular weight excluding hydrogens is 236 g/mol. The fraction of sp³-hybridized carbons (Fsp3) is 0.750. The molecule has 0 aromatic carbocycles. The largest absolute Gasteiger partial charge is 0.313 e. The summed E-state index contributed by atoms with van der Waals surface area (Å²) in [4.78, 5) is 2.31. The number of aromatic nitrogens is 2. The van der Waals surface area contributed by atoms with Gasteiger partial charge in [-0.25, -0.2) is 0 Å². The van der Waals surface area contributed by atoms with Crippen LogP contribution in [0.15, 0.2) is 0 Å². The molecule has 2 heterocycles. The average Bonchev–Trinajstić information content (AvgIpc) is 2.83. The Bertz CT molecular complexity index is 382. The van der Waals surface area contributed by atoms with E-state index in [-0.39, 0.29) is 0 Å². The van der Waals surface area contributed by atoms with Crippen LogP contribution in [0.4, 0.5) is 0 Å². The second-order valence-electron chi connectivity index (χ2n) is 4.96. The van der Waals surface area contributed by atoms with E-state index in [0.29, 0.717) is 6.04 Å². The number of halogens is 1. The number of likely N-dealkylation sites (N-methyl/N-ethyl adjacent to an activating group) is 1. The lowest BCUT2D eigenvalue weighted by Crippen LogP contribution is -2.35. The van der Waals surface area contributed by atoms with E-state index in [4.69, 9.17) is 11.6 Å². The maximum Gasteiger partial charge on any atom is 0.0860 e. The van der Waals surface area contributed by atoms with Gasteiger partial charge < -0.3 is 5.32 Å². The molecule has 1 saturated heterocycles. The standard InChI is InChI=1S/C12H21ClN4/c1-9-12(13)11(17(3)15-9)8-16(2)7-10-5-4-6-14-10/h10,14H,4-8H2,1-3H3. The van der Waals surface area contributed by atoms with E-state index in [1.807, 2.05) is 18.7 Å². The number of hydrogen-bond acceptors (Lipinski definition) is 3. The summed E-state index contributed by atoms with van der Waals surface area (Å²) in [6.07, 6.45) is 2.58. The summed E-state index contributed by atoms with van der Waals surface area (Å²) < 4.78 is 1.89. The third-order valence-corrected chi connectivity index (χ3v) is 3.87. The lowest BCUT2D eigenvalue weighted by molar-refractivity contribution is 0.286. The molecule has 4 nitrogen and oxygen atoms in total. The molecule has 0 spiro atoms. The molecule has 0 bridgehead atoms. The Balaban J connectivity index is 1.95. The van der Waals surface area contributed by atoms with Crippen LogP contribution in [0.1, 0.15) is 24.2 Å². The Morgan fingerprint density at radius 2 is 2.35 bits per heavy atom. The highest BCUT2D eigenvalue weighted by atomic mass is 35.5. The molecule has 5 heteroatoms. The topological polar surface area (TPSA) is 33.1 Å². The van der Waals surface area contributed by atoms with Gasteiger partial charge in [0.15, 0.2) is 0 Å². The Morgan fingerprint density at radius 3 is 2.88 bits per heavy atom. The zero-order valence-electron chi connectivity index (χ0n) is 10.8. The van der Waals surface area contributed by atoms with E-state index in [0.717, 1.165) is 36.0 Å². The Kier molecular flexibility index (Phi) is 4.07. The predicted octanol–water partition coefficient (Wildman–Crippen LogP) is 1.57. The van der Waals surface area contributed by atoms with Crippen molar-refractivity contribution in [3.05, 3.63) is 16.4 Å². The first-order valence-corrected chi connectivity index (χ1v) is 6.55. The summed E-state index contributed by atoms with van der Waals surface area (Å²) in [5.41, 5.74) is 2.02. The van der Waals surface area contributed by atoms with Crippen LogP contribution in [0.5, 0.6) is 0 Å². The van der Waals surface area contributed by atoms with Crippen molar-refractivity contribution in [2.75, 3.05) is 20.1 Å². The highest BCUT2D eigenvalue weighted by Crippen LogP contribution is 2.20. The predicted molar refractivity (Wildman–Crippen MR) is 70.3 cm³/mol. The molecule has 0 aliphatic carbocycles. The molecule has 1 fully saturated rings. The first-order chi connectivity index (χ1) is 8.08. The minimum atomic E-state index is 0.632. The van der Waals surface area contributed by atoms with Gasteiger partial charge in [-0.3, -0.25) is 9.58 Å². The third-order valence-electron chi connectivity index (χ3n) is 3.38. The average molecular weight is 257 g/mol. The van der Waals surface area contributed by atoms with Gasteiger partial charge in [-0.05, 0) is 33.4 Å². The van der Waals surface area contributed by atoms with Crippen LogP contribution in [0.3, 0.4) is 0 Å². The molecule has 1 aliphatic rings. The summed E-state index contributed by atoms with van der Waals surface area (Å²) in [6.45, 7) is 5.03. The minimum Gasteiger partial charge on any atom is -0.313 e. The quantitative estimate of drug-likeness (QED) is 0.888. The monoisotopic (exact) mass is 256 g/mol. The Hall–Kier alpha value is -0.580. The second kappa shape index (κ2) is 5.38. The zero-order chi connectivity index (χ0) is 12.4. The van der Waals surface area contributed by atoms with Crippen molar-refractivity contribution in [2.24, 2.45) is 7.05 Å². The number of hydrogen-bond donors (Lipinski definition) is 1. The molecule has 1 aromatic rings. The van der Waals surface area contributed by atoms with E-state index in [2.05, 4.69) is 22.4 Å². The molecule has 1 aromatic heterocycles. The first kappa shape index (κ1) is 12.9. The molecule has 0 saturated carbocycles. The lowest BCUT2D eigenvalue weighted by atomic mass is 10.2. The summed E-state index contributed by atoms with van der Waals surface area (Å²) in [5.74, 6) is 0. The van der Waals surface area contributed by atoms with Gasteiger partial charge in [0, 0.05) is 26.2 Å². The van der Waals surface area contributed by atoms with Crippen LogP contribution in [0.25, 0.3) is 0 Å². The summed E-state index contributed by atoms with van der Waals surface area (Å²) in [7, 11) is 4.09. The van der Waals surface area contributed by atoms with Gasteiger partial charge in [0.1, 0.15) is 0 Å². The molecule has 96 valence electrons. The molecule has 1 atom stereocenters. The Labute approximate surface area is 108 Å². The van der Waals surface area contributed by atoms with Crippen LogP contribution < -0.4 is 5.32 Å². The van der Waals surface area contributed by atoms with Gasteiger partial charge >= 0.3 is 0 Å². The van der Waals surface area contributed by atoms with Crippen molar-refractivity contribution in [2.45, 2.75) is 32.4 Å². The van der Waals surface area contributed by atoms with Crippen molar-refractivity contribution in [1.82, 2.24) is 20.0 Å². The van der Waals surface area contributed by atoms with Gasteiger partial charge in [0.05, 0.1) is 16.4 Å². The van der Waals surface area contributed by atoms with Crippen LogP contribution in [0, 0.1) is 6.92 Å². The Morgan fingerprint density at radius 1 is 1.59 bits per heavy atom. The van der Waals surface area contributed by atoms with Crippen LogP contribution in [-0.4, -0.2) is 40.9 Å². The maximum absolute atomic E-state index is 6.25.